The van der Waals surface area contributed by atoms with E-state index in [1.807, 2.05) is 0 Å². The molecule has 1 amide bonds. The fourth-order valence-corrected chi connectivity index (χ4v) is 5.02. The second-order valence-corrected chi connectivity index (χ2v) is 9.51. The van der Waals surface area contributed by atoms with E-state index < -0.39 is 31.7 Å². The second-order valence-electron chi connectivity index (χ2n) is 7.17. The van der Waals surface area contributed by atoms with Gasteiger partial charge in [0.2, 0.25) is 15.9 Å². The molecule has 0 spiro atoms. The molecule has 1 aliphatic rings. The zero-order valence-corrected chi connectivity index (χ0v) is 17.8. The molecule has 1 saturated heterocycles. The largest absolute Gasteiger partial charge is 0.417 e. The molecule has 29 heavy (non-hydrogen) atoms. The third kappa shape index (κ3) is 6.33. The summed E-state index contributed by atoms with van der Waals surface area (Å²) in [6, 6.07) is 2.57. The van der Waals surface area contributed by atoms with Crippen LogP contribution >= 0.6 is 11.6 Å². The number of benzene rings is 1. The van der Waals surface area contributed by atoms with Crippen LogP contribution in [0.15, 0.2) is 23.1 Å². The first kappa shape index (κ1) is 24.0. The van der Waals surface area contributed by atoms with Crippen molar-refractivity contribution in [3.63, 3.8) is 0 Å². The molecular weight excluding hydrogens is 429 g/mol. The minimum Gasteiger partial charge on any atom is -0.356 e. The van der Waals surface area contributed by atoms with Crippen LogP contribution in [0.2, 0.25) is 5.02 Å². The fourth-order valence-electron chi connectivity index (χ4n) is 3.30. The Bertz CT molecular complexity index is 807. The summed E-state index contributed by atoms with van der Waals surface area (Å²) in [5, 5.41) is 2.33. The van der Waals surface area contributed by atoms with Gasteiger partial charge in [0.1, 0.15) is 0 Å². The van der Waals surface area contributed by atoms with Gasteiger partial charge in [-0.3, -0.25) is 4.79 Å². The highest BCUT2D eigenvalue weighted by Gasteiger charge is 2.36. The highest BCUT2D eigenvalue weighted by molar-refractivity contribution is 7.89. The number of unbranched alkanes of at least 4 members (excludes halogenated alkanes) is 3. The number of hydrogen-bond donors (Lipinski definition) is 1. The maximum Gasteiger partial charge on any atom is 0.417 e. The van der Waals surface area contributed by atoms with E-state index in [9.17, 15) is 26.4 Å². The lowest BCUT2D eigenvalue weighted by atomic mass is 9.97. The van der Waals surface area contributed by atoms with Gasteiger partial charge in [0.15, 0.2) is 0 Å². The van der Waals surface area contributed by atoms with Gasteiger partial charge in [0, 0.05) is 25.6 Å². The SMILES string of the molecule is CCCCCCNC(=O)C1CCN(S(=O)(=O)c2ccc(Cl)c(C(F)(F)F)c2)CC1. The number of rotatable bonds is 8. The highest BCUT2D eigenvalue weighted by Crippen LogP contribution is 2.36. The van der Waals surface area contributed by atoms with Crippen molar-refractivity contribution < 1.29 is 26.4 Å². The second kappa shape index (κ2) is 10.1. The summed E-state index contributed by atoms with van der Waals surface area (Å²) in [5.74, 6) is -0.382. The molecule has 2 rings (SSSR count). The van der Waals surface area contributed by atoms with Gasteiger partial charge < -0.3 is 5.32 Å². The van der Waals surface area contributed by atoms with Crippen molar-refractivity contribution in [2.45, 2.75) is 56.5 Å². The quantitative estimate of drug-likeness (QED) is 0.590. The van der Waals surface area contributed by atoms with Gasteiger partial charge in [-0.05, 0) is 37.5 Å². The number of alkyl halides is 3. The first-order valence-corrected chi connectivity index (χ1v) is 11.5. The molecule has 0 atom stereocenters. The smallest absolute Gasteiger partial charge is 0.356 e. The van der Waals surface area contributed by atoms with Crippen LogP contribution < -0.4 is 5.32 Å². The molecule has 10 heteroatoms. The predicted octanol–water partition coefficient (Wildman–Crippen LogP) is 4.46. The highest BCUT2D eigenvalue weighted by atomic mass is 35.5. The van der Waals surface area contributed by atoms with Gasteiger partial charge >= 0.3 is 6.18 Å². The molecule has 1 aromatic carbocycles. The zero-order chi connectivity index (χ0) is 21.7. The number of piperidine rings is 1. The molecule has 0 saturated carbocycles. The minimum absolute atomic E-state index is 0.0836. The molecule has 0 unspecified atom stereocenters. The van der Waals surface area contributed by atoms with Gasteiger partial charge in [-0.25, -0.2) is 8.42 Å². The number of amides is 1. The molecule has 1 aliphatic heterocycles. The third-order valence-electron chi connectivity index (χ3n) is 5.04. The fraction of sp³-hybridized carbons (Fsp3) is 0.632. The number of nitrogens with zero attached hydrogens (tertiary/aromatic N) is 1. The first-order chi connectivity index (χ1) is 13.6. The number of halogens is 4. The molecule has 0 aliphatic carbocycles. The van der Waals surface area contributed by atoms with Crippen LogP contribution in [0, 0.1) is 5.92 Å². The Balaban J connectivity index is 1.97. The lowest BCUT2D eigenvalue weighted by molar-refractivity contribution is -0.137. The van der Waals surface area contributed by atoms with Gasteiger partial charge in [-0.15, -0.1) is 0 Å². The maximum atomic E-state index is 13.0. The van der Waals surface area contributed by atoms with Crippen LogP contribution in [-0.2, 0) is 21.0 Å². The summed E-state index contributed by atoms with van der Waals surface area (Å²) >= 11 is 5.57. The van der Waals surface area contributed by atoms with Crippen LogP contribution in [-0.4, -0.2) is 38.3 Å². The average molecular weight is 455 g/mol. The summed E-state index contributed by atoms with van der Waals surface area (Å²) < 4.78 is 65.7. The van der Waals surface area contributed by atoms with Gasteiger partial charge in [0.25, 0.3) is 0 Å². The Labute approximate surface area is 174 Å². The van der Waals surface area contributed by atoms with E-state index in [4.69, 9.17) is 11.6 Å². The molecule has 1 heterocycles. The van der Waals surface area contributed by atoms with Crippen molar-refractivity contribution in [1.29, 1.82) is 0 Å². The number of carbonyl (C=O) groups excluding carboxylic acids is 1. The number of carbonyl (C=O) groups is 1. The number of nitrogens with one attached hydrogen (secondary N) is 1. The first-order valence-electron chi connectivity index (χ1n) is 9.72. The molecule has 1 fully saturated rings. The predicted molar refractivity (Wildman–Crippen MR) is 105 cm³/mol. The zero-order valence-electron chi connectivity index (χ0n) is 16.3. The Morgan fingerprint density at radius 3 is 2.45 bits per heavy atom. The van der Waals surface area contributed by atoms with E-state index in [0.717, 1.165) is 42.1 Å². The molecule has 164 valence electrons. The molecule has 5 nitrogen and oxygen atoms in total. The summed E-state index contributed by atoms with van der Waals surface area (Å²) in [4.78, 5) is 11.8. The third-order valence-corrected chi connectivity index (χ3v) is 7.26. The van der Waals surface area contributed by atoms with E-state index in [-0.39, 0.29) is 24.9 Å². The van der Waals surface area contributed by atoms with Crippen LogP contribution in [0.1, 0.15) is 51.0 Å². The van der Waals surface area contributed by atoms with Crippen molar-refractivity contribution >= 4 is 27.5 Å². The Morgan fingerprint density at radius 2 is 1.86 bits per heavy atom. The van der Waals surface area contributed by atoms with E-state index >= 15 is 0 Å². The summed E-state index contributed by atoms with van der Waals surface area (Å²) in [6.07, 6.45) is 0.107. The van der Waals surface area contributed by atoms with E-state index in [1.54, 1.807) is 0 Å². The Kier molecular flexibility index (Phi) is 8.37. The standard InChI is InChI=1S/C19H26ClF3N2O3S/c1-2-3-4-5-10-24-18(26)14-8-11-25(12-9-14)29(27,28)15-6-7-17(20)16(13-15)19(21,22)23/h6-7,13-14H,2-5,8-12H2,1H3,(H,24,26). The normalized spacial score (nSPS) is 16.7. The topological polar surface area (TPSA) is 66.5 Å². The molecule has 0 bridgehead atoms. The molecule has 1 aromatic rings. The van der Waals surface area contributed by atoms with Crippen molar-refractivity contribution in [2.24, 2.45) is 5.92 Å². The number of hydrogen-bond acceptors (Lipinski definition) is 3. The maximum absolute atomic E-state index is 13.0. The van der Waals surface area contributed by atoms with Crippen LogP contribution in [0.3, 0.4) is 0 Å². The summed E-state index contributed by atoms with van der Waals surface area (Å²) in [5.41, 5.74) is -1.18. The Morgan fingerprint density at radius 1 is 1.21 bits per heavy atom. The molecule has 0 radical (unpaired) electrons. The summed E-state index contributed by atoms with van der Waals surface area (Å²) in [7, 11) is -4.09. The van der Waals surface area contributed by atoms with Crippen LogP contribution in [0.5, 0.6) is 0 Å². The molecule has 0 aromatic heterocycles. The monoisotopic (exact) mass is 454 g/mol. The minimum atomic E-state index is -4.75. The van der Waals surface area contributed by atoms with Crippen molar-refractivity contribution in [3.8, 4) is 0 Å². The lowest BCUT2D eigenvalue weighted by Gasteiger charge is -2.30. The van der Waals surface area contributed by atoms with Crippen LogP contribution in [0.25, 0.3) is 0 Å². The van der Waals surface area contributed by atoms with Gasteiger partial charge in [-0.1, -0.05) is 37.8 Å². The molecule has 1 N–H and O–H groups in total. The van der Waals surface area contributed by atoms with E-state index in [1.165, 1.54) is 0 Å². The average Bonchev–Trinajstić information content (AvgIpc) is 2.67. The Hall–Kier alpha value is -1.32. The molecular formula is C19H26ClF3N2O3S. The van der Waals surface area contributed by atoms with E-state index in [2.05, 4.69) is 12.2 Å². The van der Waals surface area contributed by atoms with Crippen molar-refractivity contribution in [3.05, 3.63) is 28.8 Å². The van der Waals surface area contributed by atoms with Crippen LogP contribution in [0.4, 0.5) is 13.2 Å². The van der Waals surface area contributed by atoms with Gasteiger partial charge in [0.05, 0.1) is 15.5 Å². The number of sulfonamides is 1. The lowest BCUT2D eigenvalue weighted by Crippen LogP contribution is -2.43. The van der Waals surface area contributed by atoms with Crippen molar-refractivity contribution in [1.82, 2.24) is 9.62 Å². The van der Waals surface area contributed by atoms with Crippen molar-refractivity contribution in [2.75, 3.05) is 19.6 Å². The van der Waals surface area contributed by atoms with E-state index in [0.29, 0.717) is 25.5 Å². The van der Waals surface area contributed by atoms with Gasteiger partial charge in [-0.2, -0.15) is 17.5 Å². The summed E-state index contributed by atoms with van der Waals surface area (Å²) in [6.45, 7) is 2.87.